The molecule has 1 heterocycles. The van der Waals surface area contributed by atoms with E-state index >= 15 is 0 Å². The molecule has 0 aliphatic carbocycles. The van der Waals surface area contributed by atoms with Gasteiger partial charge in [-0.25, -0.2) is 0 Å². The van der Waals surface area contributed by atoms with Crippen molar-refractivity contribution in [2.45, 2.75) is 128 Å². The third-order valence-electron chi connectivity index (χ3n) is 5.24. The lowest BCUT2D eigenvalue weighted by atomic mass is 9.99. The highest BCUT2D eigenvalue weighted by Gasteiger charge is 2.27. The minimum absolute atomic E-state index is 0.0140. The molecule has 0 amide bonds. The van der Waals surface area contributed by atoms with E-state index in [0.29, 0.717) is 12.8 Å². The number of aliphatic hydroxyl groups excluding tert-OH is 3. The van der Waals surface area contributed by atoms with Gasteiger partial charge in [-0.3, -0.25) is 0 Å². The van der Waals surface area contributed by atoms with Crippen molar-refractivity contribution in [3.63, 3.8) is 0 Å². The van der Waals surface area contributed by atoms with Gasteiger partial charge in [0.15, 0.2) is 0 Å². The summed E-state index contributed by atoms with van der Waals surface area (Å²) in [5.74, 6) is 0. The predicted octanol–water partition coefficient (Wildman–Crippen LogP) is 3.95. The van der Waals surface area contributed by atoms with E-state index in [-0.39, 0.29) is 18.3 Å². The Kier molecular flexibility index (Phi) is 11.9. The Morgan fingerprint density at radius 1 is 0.792 bits per heavy atom. The number of ether oxygens (including phenoxy) is 1. The third kappa shape index (κ3) is 9.36. The highest BCUT2D eigenvalue weighted by Crippen LogP contribution is 2.24. The summed E-state index contributed by atoms with van der Waals surface area (Å²) in [4.78, 5) is 0. The van der Waals surface area contributed by atoms with Crippen molar-refractivity contribution in [3.05, 3.63) is 0 Å². The Hall–Kier alpha value is -0.160. The van der Waals surface area contributed by atoms with E-state index in [2.05, 4.69) is 13.8 Å². The molecule has 2 unspecified atom stereocenters. The summed E-state index contributed by atoms with van der Waals surface area (Å²) in [6.45, 7) is 4.25. The summed E-state index contributed by atoms with van der Waals surface area (Å²) in [5.41, 5.74) is 0. The van der Waals surface area contributed by atoms with Crippen LogP contribution in [-0.4, -0.2) is 45.8 Å². The van der Waals surface area contributed by atoms with Crippen molar-refractivity contribution in [1.82, 2.24) is 0 Å². The molecule has 1 aliphatic heterocycles. The van der Waals surface area contributed by atoms with Gasteiger partial charge in [-0.1, -0.05) is 58.3 Å². The molecule has 0 aromatic rings. The van der Waals surface area contributed by atoms with Gasteiger partial charge < -0.3 is 20.1 Å². The van der Waals surface area contributed by atoms with Crippen LogP contribution in [0, 0.1) is 0 Å². The van der Waals surface area contributed by atoms with Gasteiger partial charge in [0, 0.05) is 0 Å². The Balaban J connectivity index is 1.97. The van der Waals surface area contributed by atoms with Gasteiger partial charge in [0.2, 0.25) is 0 Å². The van der Waals surface area contributed by atoms with E-state index in [9.17, 15) is 15.3 Å². The second-order valence-electron chi connectivity index (χ2n) is 7.61. The lowest BCUT2D eigenvalue weighted by molar-refractivity contribution is -0.0324. The number of rotatable bonds is 14. The van der Waals surface area contributed by atoms with Crippen LogP contribution in [0.25, 0.3) is 0 Å². The molecule has 0 bridgehead atoms. The highest BCUT2D eigenvalue weighted by molar-refractivity contribution is 4.77. The normalized spacial score (nSPS) is 24.9. The van der Waals surface area contributed by atoms with Crippen molar-refractivity contribution in [2.24, 2.45) is 0 Å². The van der Waals surface area contributed by atoms with Gasteiger partial charge in [-0.2, -0.15) is 0 Å². The van der Waals surface area contributed by atoms with E-state index in [1.165, 1.54) is 19.3 Å². The second kappa shape index (κ2) is 13.1. The number of hydrogen-bond acceptors (Lipinski definition) is 4. The van der Waals surface area contributed by atoms with Crippen molar-refractivity contribution in [3.8, 4) is 0 Å². The van der Waals surface area contributed by atoms with Crippen LogP contribution in [0.5, 0.6) is 0 Å². The van der Waals surface area contributed by atoms with Gasteiger partial charge in [0.1, 0.15) is 0 Å². The lowest BCUT2D eigenvalue weighted by Gasteiger charge is -2.19. The summed E-state index contributed by atoms with van der Waals surface area (Å²) < 4.78 is 5.69. The van der Waals surface area contributed by atoms with E-state index < -0.39 is 12.2 Å². The molecular weight excluding hydrogens is 304 g/mol. The zero-order valence-corrected chi connectivity index (χ0v) is 15.8. The van der Waals surface area contributed by atoms with Gasteiger partial charge in [-0.05, 0) is 39.0 Å². The SMILES string of the molecule is CCCCCCCC(O)C(O)CCCCC[C@H](O)[C@@H]1CC[C@@H](C)O1. The van der Waals surface area contributed by atoms with E-state index in [0.717, 1.165) is 51.4 Å². The molecule has 5 atom stereocenters. The maximum atomic E-state index is 10.1. The summed E-state index contributed by atoms with van der Waals surface area (Å²) in [5, 5.41) is 30.1. The fourth-order valence-electron chi connectivity index (χ4n) is 3.53. The predicted molar refractivity (Wildman–Crippen MR) is 98.1 cm³/mol. The molecule has 0 aromatic carbocycles. The van der Waals surface area contributed by atoms with Crippen LogP contribution >= 0.6 is 0 Å². The van der Waals surface area contributed by atoms with Gasteiger partial charge in [0.25, 0.3) is 0 Å². The molecule has 4 heteroatoms. The molecule has 1 saturated heterocycles. The molecule has 0 radical (unpaired) electrons. The number of hydrogen-bond donors (Lipinski definition) is 3. The molecule has 0 spiro atoms. The molecule has 144 valence electrons. The molecule has 1 fully saturated rings. The Bertz CT molecular complexity index is 297. The molecule has 0 aromatic heterocycles. The maximum absolute atomic E-state index is 10.1. The highest BCUT2D eigenvalue weighted by atomic mass is 16.5. The van der Waals surface area contributed by atoms with Crippen LogP contribution in [0.3, 0.4) is 0 Å². The summed E-state index contributed by atoms with van der Waals surface area (Å²) in [6, 6.07) is 0. The van der Waals surface area contributed by atoms with Gasteiger partial charge >= 0.3 is 0 Å². The smallest absolute Gasteiger partial charge is 0.0838 e. The standard InChI is InChI=1S/C20H40O4/c1-3-4-5-6-8-11-17(21)18(22)12-9-7-10-13-19(23)20-15-14-16(2)24-20/h16-23H,3-15H2,1-2H3/t16-,17?,18?,19+,20+/m1/s1. The molecular formula is C20H40O4. The summed E-state index contributed by atoms with van der Waals surface area (Å²) in [7, 11) is 0. The quantitative estimate of drug-likeness (QED) is 0.417. The minimum Gasteiger partial charge on any atom is -0.390 e. The zero-order chi connectivity index (χ0) is 17.8. The molecule has 0 saturated carbocycles. The number of unbranched alkanes of at least 4 members (excludes halogenated alkanes) is 6. The van der Waals surface area contributed by atoms with E-state index in [4.69, 9.17) is 4.74 Å². The molecule has 24 heavy (non-hydrogen) atoms. The fraction of sp³-hybridized carbons (Fsp3) is 1.00. The maximum Gasteiger partial charge on any atom is 0.0838 e. The van der Waals surface area contributed by atoms with E-state index in [1.807, 2.05) is 0 Å². The first-order valence-electron chi connectivity index (χ1n) is 10.2. The first kappa shape index (κ1) is 21.9. The second-order valence-corrected chi connectivity index (χ2v) is 7.61. The number of aliphatic hydroxyl groups is 3. The van der Waals surface area contributed by atoms with Gasteiger partial charge in [-0.15, -0.1) is 0 Å². The average Bonchev–Trinajstić information content (AvgIpc) is 3.00. The van der Waals surface area contributed by atoms with Crippen molar-refractivity contribution >= 4 is 0 Å². The topological polar surface area (TPSA) is 69.9 Å². The van der Waals surface area contributed by atoms with E-state index in [1.54, 1.807) is 0 Å². The molecule has 1 aliphatic rings. The summed E-state index contributed by atoms with van der Waals surface area (Å²) >= 11 is 0. The van der Waals surface area contributed by atoms with Gasteiger partial charge in [0.05, 0.1) is 30.5 Å². The van der Waals surface area contributed by atoms with Crippen LogP contribution in [0.4, 0.5) is 0 Å². The molecule has 4 nitrogen and oxygen atoms in total. The first-order valence-corrected chi connectivity index (χ1v) is 10.2. The Labute approximate surface area is 148 Å². The monoisotopic (exact) mass is 344 g/mol. The minimum atomic E-state index is -0.597. The van der Waals surface area contributed by atoms with Crippen LogP contribution in [0.1, 0.15) is 97.3 Å². The third-order valence-corrected chi connectivity index (χ3v) is 5.24. The van der Waals surface area contributed by atoms with Crippen molar-refractivity contribution in [1.29, 1.82) is 0 Å². The first-order chi connectivity index (χ1) is 11.5. The van der Waals surface area contributed by atoms with Crippen LogP contribution in [-0.2, 0) is 4.74 Å². The average molecular weight is 345 g/mol. The van der Waals surface area contributed by atoms with Crippen LogP contribution < -0.4 is 0 Å². The van der Waals surface area contributed by atoms with Crippen LogP contribution in [0.15, 0.2) is 0 Å². The largest absolute Gasteiger partial charge is 0.390 e. The zero-order valence-electron chi connectivity index (χ0n) is 15.8. The lowest BCUT2D eigenvalue weighted by Crippen LogP contribution is -2.26. The Morgan fingerprint density at radius 2 is 1.33 bits per heavy atom. The Morgan fingerprint density at radius 3 is 1.88 bits per heavy atom. The molecule has 3 N–H and O–H groups in total. The van der Waals surface area contributed by atoms with Crippen molar-refractivity contribution < 1.29 is 20.1 Å². The van der Waals surface area contributed by atoms with Crippen LogP contribution in [0.2, 0.25) is 0 Å². The fourth-order valence-corrected chi connectivity index (χ4v) is 3.53. The van der Waals surface area contributed by atoms with Crippen molar-refractivity contribution in [2.75, 3.05) is 0 Å². The summed E-state index contributed by atoms with van der Waals surface area (Å²) in [6.07, 6.45) is 11.6. The molecule has 1 rings (SSSR count).